The van der Waals surface area contributed by atoms with Gasteiger partial charge in [0.25, 0.3) is 0 Å². The van der Waals surface area contributed by atoms with Gasteiger partial charge in [-0.2, -0.15) is 0 Å². The van der Waals surface area contributed by atoms with Gasteiger partial charge >= 0.3 is 0 Å². The van der Waals surface area contributed by atoms with Crippen molar-refractivity contribution in [3.8, 4) is 11.3 Å². The second kappa shape index (κ2) is 9.29. The molecule has 0 spiro atoms. The monoisotopic (exact) mass is 463 g/mol. The summed E-state index contributed by atoms with van der Waals surface area (Å²) in [5, 5.41) is 4.71. The molecule has 33 heavy (non-hydrogen) atoms. The van der Waals surface area contributed by atoms with Gasteiger partial charge in [-0.15, -0.1) is 11.3 Å². The van der Waals surface area contributed by atoms with E-state index in [1.165, 1.54) is 59.4 Å². The molecule has 0 amide bonds. The Morgan fingerprint density at radius 1 is 1.12 bits per heavy atom. The molecule has 174 valence electrons. The van der Waals surface area contributed by atoms with Gasteiger partial charge in [0, 0.05) is 53.8 Å². The quantitative estimate of drug-likeness (QED) is 0.604. The number of hydrogen-bond acceptors (Lipinski definition) is 6. The van der Waals surface area contributed by atoms with Gasteiger partial charge in [-0.1, -0.05) is 6.08 Å². The van der Waals surface area contributed by atoms with Gasteiger partial charge in [-0.05, 0) is 69.4 Å². The Balaban J connectivity index is 1.22. The van der Waals surface area contributed by atoms with Crippen LogP contribution in [0.4, 0.5) is 0 Å². The fourth-order valence-corrected chi connectivity index (χ4v) is 6.59. The van der Waals surface area contributed by atoms with Crippen molar-refractivity contribution in [1.29, 1.82) is 0 Å². The van der Waals surface area contributed by atoms with Crippen molar-refractivity contribution in [3.05, 3.63) is 40.5 Å². The van der Waals surface area contributed by atoms with Gasteiger partial charge in [0.05, 0.1) is 23.9 Å². The second-order valence-electron chi connectivity index (χ2n) is 9.78. The minimum atomic E-state index is 0.602. The molecule has 0 radical (unpaired) electrons. The smallest absolute Gasteiger partial charge is 0.137 e. The lowest BCUT2D eigenvalue weighted by Gasteiger charge is -2.36. The van der Waals surface area contributed by atoms with Crippen LogP contribution >= 0.6 is 11.3 Å². The summed E-state index contributed by atoms with van der Waals surface area (Å²) in [6.45, 7) is 6.23. The summed E-state index contributed by atoms with van der Waals surface area (Å²) in [4.78, 5) is 18.2. The van der Waals surface area contributed by atoms with Gasteiger partial charge in [0.2, 0.25) is 0 Å². The van der Waals surface area contributed by atoms with Crippen molar-refractivity contribution in [2.75, 3.05) is 46.4 Å². The van der Waals surface area contributed by atoms with E-state index in [4.69, 9.17) is 14.7 Å². The topological polar surface area (TPSA) is 57.3 Å². The molecule has 6 rings (SSSR count). The molecule has 3 aromatic rings. The number of fused-ring (bicyclic) bond motifs is 1. The zero-order valence-corrected chi connectivity index (χ0v) is 20.2. The number of morpholine rings is 1. The highest BCUT2D eigenvalue weighted by molar-refractivity contribution is 7.10. The average Bonchev–Trinajstić information content (AvgIpc) is 3.52. The zero-order valence-electron chi connectivity index (χ0n) is 19.4. The molecule has 3 aliphatic rings. The van der Waals surface area contributed by atoms with Crippen LogP contribution in [0.5, 0.6) is 0 Å². The zero-order chi connectivity index (χ0) is 22.2. The number of aromatic amines is 1. The number of allylic oxidation sites excluding steroid dienone is 1. The maximum absolute atomic E-state index is 5.53. The Labute approximate surface area is 199 Å². The summed E-state index contributed by atoms with van der Waals surface area (Å²) >= 11 is 1.82. The molecule has 1 atom stereocenters. The summed E-state index contributed by atoms with van der Waals surface area (Å²) < 4.78 is 5.53. The molecule has 0 bridgehead atoms. The summed E-state index contributed by atoms with van der Waals surface area (Å²) in [7, 11) is 2.21. The lowest BCUT2D eigenvalue weighted by molar-refractivity contribution is 0.0150. The number of pyridine rings is 1. The van der Waals surface area contributed by atoms with Gasteiger partial charge < -0.3 is 14.6 Å². The van der Waals surface area contributed by atoms with Crippen LogP contribution in [-0.4, -0.2) is 77.2 Å². The number of aromatic nitrogens is 3. The third-order valence-corrected chi connectivity index (χ3v) is 8.72. The Morgan fingerprint density at radius 2 is 1.97 bits per heavy atom. The molecule has 1 aliphatic carbocycles. The number of thiazole rings is 1. The van der Waals surface area contributed by atoms with Crippen molar-refractivity contribution < 1.29 is 4.74 Å². The highest BCUT2D eigenvalue weighted by atomic mass is 32.1. The summed E-state index contributed by atoms with van der Waals surface area (Å²) in [5.74, 6) is 0.602. The predicted molar refractivity (Wildman–Crippen MR) is 135 cm³/mol. The van der Waals surface area contributed by atoms with Crippen LogP contribution in [0.2, 0.25) is 0 Å². The molecule has 6 nitrogen and oxygen atoms in total. The van der Waals surface area contributed by atoms with Crippen molar-refractivity contribution in [2.45, 2.75) is 44.1 Å². The molecule has 7 heteroatoms. The van der Waals surface area contributed by atoms with Gasteiger partial charge in [0.15, 0.2) is 0 Å². The number of likely N-dealkylation sites (tertiary alicyclic amines) is 1. The number of piperidine rings is 1. The predicted octanol–water partition coefficient (Wildman–Crippen LogP) is 4.76. The third kappa shape index (κ3) is 4.39. The lowest BCUT2D eigenvalue weighted by atomic mass is 9.90. The van der Waals surface area contributed by atoms with Crippen LogP contribution in [0.3, 0.4) is 0 Å². The number of hydrogen-bond donors (Lipinski definition) is 1. The standard InChI is InChI=1S/C26H33N5OS/c1-30-8-6-19(7-9-30)26-29-24(17-33-26)23-16-28-25-22(23)14-20(15-27-25)18-2-4-21(5-3-18)31-10-12-32-13-11-31/h2,14-17,19,21H,3-13H2,1H3,(H,27,28). The van der Waals surface area contributed by atoms with E-state index in [0.717, 1.165) is 50.5 Å². The van der Waals surface area contributed by atoms with Crippen molar-refractivity contribution in [1.82, 2.24) is 24.8 Å². The molecule has 2 aliphatic heterocycles. The van der Waals surface area contributed by atoms with Gasteiger partial charge in [-0.25, -0.2) is 9.97 Å². The minimum Gasteiger partial charge on any atom is -0.379 e. The van der Waals surface area contributed by atoms with Crippen molar-refractivity contribution >= 4 is 27.9 Å². The van der Waals surface area contributed by atoms with Gasteiger partial charge in [-0.3, -0.25) is 4.90 Å². The highest BCUT2D eigenvalue weighted by Gasteiger charge is 2.25. The first-order valence-electron chi connectivity index (χ1n) is 12.4. The summed E-state index contributed by atoms with van der Waals surface area (Å²) in [6, 6.07) is 2.98. The van der Waals surface area contributed by atoms with Gasteiger partial charge in [0.1, 0.15) is 5.65 Å². The molecular formula is C26H33N5OS. The van der Waals surface area contributed by atoms with E-state index >= 15 is 0 Å². The highest BCUT2D eigenvalue weighted by Crippen LogP contribution is 2.36. The number of rotatable bonds is 4. The lowest BCUT2D eigenvalue weighted by Crippen LogP contribution is -2.43. The summed E-state index contributed by atoms with van der Waals surface area (Å²) in [5.41, 5.74) is 5.91. The van der Waals surface area contributed by atoms with E-state index in [-0.39, 0.29) is 0 Å². The molecule has 0 saturated carbocycles. The van der Waals surface area contributed by atoms with Crippen LogP contribution < -0.4 is 0 Å². The minimum absolute atomic E-state index is 0.602. The Bertz CT molecular complexity index is 1140. The largest absolute Gasteiger partial charge is 0.379 e. The van der Waals surface area contributed by atoms with E-state index in [1.54, 1.807) is 0 Å². The first kappa shape index (κ1) is 21.5. The molecular weight excluding hydrogens is 430 g/mol. The molecule has 5 heterocycles. The number of H-pyrrole nitrogens is 1. The first-order valence-corrected chi connectivity index (χ1v) is 13.3. The Hall–Kier alpha value is -2.06. The van der Waals surface area contributed by atoms with Crippen LogP contribution in [0.15, 0.2) is 29.9 Å². The van der Waals surface area contributed by atoms with Crippen LogP contribution in [0.1, 0.15) is 48.6 Å². The first-order chi connectivity index (χ1) is 16.2. The van der Waals surface area contributed by atoms with E-state index in [1.807, 2.05) is 17.5 Å². The van der Waals surface area contributed by atoms with E-state index in [0.29, 0.717) is 12.0 Å². The molecule has 1 unspecified atom stereocenters. The average molecular weight is 464 g/mol. The number of nitrogens with one attached hydrogen (secondary N) is 1. The van der Waals surface area contributed by atoms with Crippen LogP contribution in [-0.2, 0) is 4.74 Å². The Kier molecular flexibility index (Phi) is 6.05. The van der Waals surface area contributed by atoms with E-state index in [9.17, 15) is 0 Å². The maximum Gasteiger partial charge on any atom is 0.137 e. The normalized spacial score (nSPS) is 23.8. The Morgan fingerprint density at radius 3 is 2.76 bits per heavy atom. The van der Waals surface area contributed by atoms with Crippen molar-refractivity contribution in [3.63, 3.8) is 0 Å². The second-order valence-corrected chi connectivity index (χ2v) is 10.7. The fraction of sp³-hybridized carbons (Fsp3) is 0.538. The van der Waals surface area contributed by atoms with E-state index < -0.39 is 0 Å². The third-order valence-electron chi connectivity index (χ3n) is 7.71. The molecule has 3 aromatic heterocycles. The van der Waals surface area contributed by atoms with Crippen molar-refractivity contribution in [2.24, 2.45) is 0 Å². The summed E-state index contributed by atoms with van der Waals surface area (Å²) in [6.07, 6.45) is 12.4. The fourth-order valence-electron chi connectivity index (χ4n) is 5.60. The number of nitrogens with zero attached hydrogens (tertiary/aromatic N) is 4. The van der Waals surface area contributed by atoms with Crippen LogP contribution in [0, 0.1) is 0 Å². The molecule has 2 saturated heterocycles. The SMILES string of the molecule is CN1CCC(c2nc(-c3c[nH]c4ncc(C5=CCC(N6CCOCC6)CC5)cc34)cs2)CC1. The molecule has 2 fully saturated rings. The van der Waals surface area contributed by atoms with E-state index in [2.05, 4.69) is 45.6 Å². The van der Waals surface area contributed by atoms with Crippen LogP contribution in [0.25, 0.3) is 27.9 Å². The number of ether oxygens (including phenoxy) is 1. The molecule has 0 aromatic carbocycles. The maximum atomic E-state index is 5.53. The molecule has 1 N–H and O–H groups in total.